The van der Waals surface area contributed by atoms with Gasteiger partial charge in [0.05, 0.1) is 0 Å². The van der Waals surface area contributed by atoms with Crippen molar-refractivity contribution in [3.63, 3.8) is 0 Å². The summed E-state index contributed by atoms with van der Waals surface area (Å²) in [5.74, 6) is 0.963. The molecule has 0 radical (unpaired) electrons. The SMILES string of the molecule is Cc1cc(C)cc(Oc2cc(Br)ccc2S(=O)(=O)N2CCNCC2)c1. The molecule has 0 bridgehead atoms. The fraction of sp³-hybridized carbons (Fsp3) is 0.333. The summed E-state index contributed by atoms with van der Waals surface area (Å²) in [6.07, 6.45) is 0. The van der Waals surface area contributed by atoms with E-state index in [0.717, 1.165) is 15.6 Å². The second-order valence-corrected chi connectivity index (χ2v) is 8.99. The Morgan fingerprint density at radius 2 is 1.68 bits per heavy atom. The molecule has 0 atom stereocenters. The summed E-state index contributed by atoms with van der Waals surface area (Å²) in [6, 6.07) is 10.9. The number of hydrogen-bond acceptors (Lipinski definition) is 4. The number of aryl methyl sites for hydroxylation is 2. The van der Waals surface area contributed by atoms with Crippen molar-refractivity contribution >= 4 is 26.0 Å². The molecule has 1 heterocycles. The molecule has 25 heavy (non-hydrogen) atoms. The molecular weight excluding hydrogens is 404 g/mol. The highest BCUT2D eigenvalue weighted by atomic mass is 79.9. The monoisotopic (exact) mass is 424 g/mol. The first-order chi connectivity index (χ1) is 11.9. The van der Waals surface area contributed by atoms with Crippen molar-refractivity contribution in [1.29, 1.82) is 0 Å². The van der Waals surface area contributed by atoms with Gasteiger partial charge in [0.1, 0.15) is 16.4 Å². The van der Waals surface area contributed by atoms with Crippen LogP contribution in [0.3, 0.4) is 0 Å². The molecule has 1 saturated heterocycles. The van der Waals surface area contributed by atoms with Crippen LogP contribution in [0.2, 0.25) is 0 Å². The molecule has 7 heteroatoms. The van der Waals surface area contributed by atoms with Crippen molar-refractivity contribution < 1.29 is 13.2 Å². The molecular formula is C18H21BrN2O3S. The van der Waals surface area contributed by atoms with E-state index in [9.17, 15) is 8.42 Å². The Balaban J connectivity index is 2.00. The highest BCUT2D eigenvalue weighted by Gasteiger charge is 2.29. The molecule has 0 aromatic heterocycles. The lowest BCUT2D eigenvalue weighted by atomic mass is 10.1. The Morgan fingerprint density at radius 1 is 1.04 bits per heavy atom. The van der Waals surface area contributed by atoms with Crippen LogP contribution >= 0.6 is 15.9 Å². The van der Waals surface area contributed by atoms with Crippen molar-refractivity contribution in [3.05, 3.63) is 52.0 Å². The number of nitrogens with one attached hydrogen (secondary N) is 1. The molecule has 0 amide bonds. The molecule has 0 aliphatic carbocycles. The number of hydrogen-bond donors (Lipinski definition) is 1. The van der Waals surface area contributed by atoms with Crippen molar-refractivity contribution in [1.82, 2.24) is 9.62 Å². The van der Waals surface area contributed by atoms with Crippen LogP contribution in [0.1, 0.15) is 11.1 Å². The van der Waals surface area contributed by atoms with E-state index in [0.29, 0.717) is 37.7 Å². The van der Waals surface area contributed by atoms with Gasteiger partial charge in [-0.3, -0.25) is 0 Å². The average Bonchev–Trinajstić information content (AvgIpc) is 2.54. The summed E-state index contributed by atoms with van der Waals surface area (Å²) in [7, 11) is -3.60. The number of sulfonamides is 1. The molecule has 1 aliphatic rings. The van der Waals surface area contributed by atoms with E-state index >= 15 is 0 Å². The lowest BCUT2D eigenvalue weighted by Gasteiger charge is -2.27. The van der Waals surface area contributed by atoms with E-state index in [2.05, 4.69) is 21.2 Å². The van der Waals surface area contributed by atoms with Gasteiger partial charge in [-0.05, 0) is 55.3 Å². The van der Waals surface area contributed by atoms with Gasteiger partial charge in [-0.25, -0.2) is 8.42 Å². The zero-order chi connectivity index (χ0) is 18.0. The third-order valence-corrected chi connectivity index (χ3v) is 6.45. The minimum Gasteiger partial charge on any atom is -0.456 e. The Bertz CT molecular complexity index is 858. The van der Waals surface area contributed by atoms with Crippen molar-refractivity contribution in [2.45, 2.75) is 18.7 Å². The Labute approximate surface area is 157 Å². The maximum absolute atomic E-state index is 13.0. The molecule has 1 fully saturated rings. The second kappa shape index (κ2) is 7.45. The van der Waals surface area contributed by atoms with Gasteiger partial charge in [0.25, 0.3) is 0 Å². The topological polar surface area (TPSA) is 58.6 Å². The van der Waals surface area contributed by atoms with Crippen molar-refractivity contribution in [3.8, 4) is 11.5 Å². The van der Waals surface area contributed by atoms with Gasteiger partial charge < -0.3 is 10.1 Å². The number of ether oxygens (including phenoxy) is 1. The average molecular weight is 425 g/mol. The van der Waals surface area contributed by atoms with Gasteiger partial charge in [-0.15, -0.1) is 0 Å². The normalized spacial score (nSPS) is 16.0. The van der Waals surface area contributed by atoms with Crippen LogP contribution < -0.4 is 10.1 Å². The zero-order valence-electron chi connectivity index (χ0n) is 14.3. The summed E-state index contributed by atoms with van der Waals surface area (Å²) >= 11 is 3.40. The Morgan fingerprint density at radius 3 is 2.32 bits per heavy atom. The van der Waals surface area contributed by atoms with E-state index in [4.69, 9.17) is 4.74 Å². The van der Waals surface area contributed by atoms with Gasteiger partial charge in [0, 0.05) is 30.7 Å². The van der Waals surface area contributed by atoms with Crippen LogP contribution in [0, 0.1) is 13.8 Å². The van der Waals surface area contributed by atoms with Gasteiger partial charge in [0.2, 0.25) is 10.0 Å². The van der Waals surface area contributed by atoms with E-state index < -0.39 is 10.0 Å². The predicted octanol–water partition coefficient (Wildman–Crippen LogP) is 3.45. The predicted molar refractivity (Wildman–Crippen MR) is 102 cm³/mol. The standard InChI is InChI=1S/C18H21BrN2O3S/c1-13-9-14(2)11-16(10-13)24-17-12-15(19)3-4-18(17)25(22,23)21-7-5-20-6-8-21/h3-4,9-12,20H,5-8H2,1-2H3. The second-order valence-electron chi connectivity index (χ2n) is 6.17. The summed E-state index contributed by atoms with van der Waals surface area (Å²) in [4.78, 5) is 0.191. The molecule has 0 spiro atoms. The van der Waals surface area contributed by atoms with Gasteiger partial charge in [0.15, 0.2) is 0 Å². The van der Waals surface area contributed by atoms with E-state index in [1.807, 2.05) is 32.0 Å². The molecule has 2 aromatic rings. The first-order valence-corrected chi connectivity index (χ1v) is 10.4. The fourth-order valence-corrected chi connectivity index (χ4v) is 4.79. The number of nitrogens with zero attached hydrogens (tertiary/aromatic N) is 1. The van der Waals surface area contributed by atoms with Crippen molar-refractivity contribution in [2.75, 3.05) is 26.2 Å². The first kappa shape index (κ1) is 18.4. The Kier molecular flexibility index (Phi) is 5.48. The van der Waals surface area contributed by atoms with Crippen LogP contribution in [0.4, 0.5) is 0 Å². The quantitative estimate of drug-likeness (QED) is 0.816. The fourth-order valence-electron chi connectivity index (χ4n) is 2.92. The summed E-state index contributed by atoms with van der Waals surface area (Å²) in [6.45, 7) is 6.20. The number of halogens is 1. The number of rotatable bonds is 4. The molecule has 3 rings (SSSR count). The molecule has 2 aromatic carbocycles. The molecule has 0 saturated carbocycles. The molecule has 1 N–H and O–H groups in total. The van der Waals surface area contributed by atoms with E-state index in [1.165, 1.54) is 4.31 Å². The smallest absolute Gasteiger partial charge is 0.246 e. The molecule has 0 unspecified atom stereocenters. The highest BCUT2D eigenvalue weighted by molar-refractivity contribution is 9.10. The maximum atomic E-state index is 13.0. The highest BCUT2D eigenvalue weighted by Crippen LogP contribution is 2.34. The van der Waals surface area contributed by atoms with Gasteiger partial charge in [-0.1, -0.05) is 22.0 Å². The minimum absolute atomic E-state index is 0.191. The van der Waals surface area contributed by atoms with Crippen LogP contribution in [0.5, 0.6) is 11.5 Å². The zero-order valence-corrected chi connectivity index (χ0v) is 16.7. The van der Waals surface area contributed by atoms with E-state index in [-0.39, 0.29) is 4.90 Å². The largest absolute Gasteiger partial charge is 0.456 e. The summed E-state index contributed by atoms with van der Waals surface area (Å²) < 4.78 is 34.3. The van der Waals surface area contributed by atoms with Gasteiger partial charge >= 0.3 is 0 Å². The summed E-state index contributed by atoms with van der Waals surface area (Å²) in [5.41, 5.74) is 2.13. The van der Waals surface area contributed by atoms with Crippen molar-refractivity contribution in [2.24, 2.45) is 0 Å². The van der Waals surface area contributed by atoms with Crippen LogP contribution in [-0.4, -0.2) is 38.9 Å². The minimum atomic E-state index is -3.60. The van der Waals surface area contributed by atoms with Gasteiger partial charge in [-0.2, -0.15) is 4.31 Å². The van der Waals surface area contributed by atoms with Crippen LogP contribution in [0.25, 0.3) is 0 Å². The maximum Gasteiger partial charge on any atom is 0.246 e. The molecule has 1 aliphatic heterocycles. The number of piperazine rings is 1. The van der Waals surface area contributed by atoms with Crippen LogP contribution in [0.15, 0.2) is 45.8 Å². The van der Waals surface area contributed by atoms with E-state index in [1.54, 1.807) is 18.2 Å². The molecule has 5 nitrogen and oxygen atoms in total. The van der Waals surface area contributed by atoms with Crippen LogP contribution in [-0.2, 0) is 10.0 Å². The third kappa shape index (κ3) is 4.23. The molecule has 134 valence electrons. The number of benzene rings is 2. The third-order valence-electron chi connectivity index (χ3n) is 4.02. The lowest BCUT2D eigenvalue weighted by Crippen LogP contribution is -2.46. The first-order valence-electron chi connectivity index (χ1n) is 8.13. The Hall–Kier alpha value is -1.41. The lowest BCUT2D eigenvalue weighted by molar-refractivity contribution is 0.358. The summed E-state index contributed by atoms with van der Waals surface area (Å²) in [5, 5.41) is 3.17.